The van der Waals surface area contributed by atoms with E-state index in [1.54, 1.807) is 18.2 Å². The van der Waals surface area contributed by atoms with Crippen molar-refractivity contribution in [3.63, 3.8) is 0 Å². The Morgan fingerprint density at radius 2 is 2.28 bits per heavy atom. The summed E-state index contributed by atoms with van der Waals surface area (Å²) < 4.78 is 5.07. The second-order valence-corrected chi connectivity index (χ2v) is 4.40. The zero-order valence-electron chi connectivity index (χ0n) is 9.72. The highest BCUT2D eigenvalue weighted by Gasteiger charge is 2.37. The molecule has 2 rings (SSSR count). The number of rotatable bonds is 3. The van der Waals surface area contributed by atoms with Crippen LogP contribution >= 0.6 is 11.6 Å². The number of hydrogen-bond donors (Lipinski definition) is 1. The van der Waals surface area contributed by atoms with Gasteiger partial charge in [0.1, 0.15) is 11.7 Å². The lowest BCUT2D eigenvalue weighted by Gasteiger charge is -2.17. The molecule has 1 atom stereocenters. The van der Waals surface area contributed by atoms with Gasteiger partial charge in [-0.05, 0) is 18.6 Å². The van der Waals surface area contributed by atoms with Crippen LogP contribution in [0.4, 0.5) is 5.69 Å². The van der Waals surface area contributed by atoms with Crippen LogP contribution in [0.15, 0.2) is 18.2 Å². The first kappa shape index (κ1) is 12.7. The van der Waals surface area contributed by atoms with Crippen LogP contribution in [0.25, 0.3) is 0 Å². The van der Waals surface area contributed by atoms with Crippen molar-refractivity contribution in [2.45, 2.75) is 6.42 Å². The Morgan fingerprint density at radius 3 is 2.83 bits per heavy atom. The van der Waals surface area contributed by atoms with Crippen molar-refractivity contribution in [2.75, 3.05) is 18.6 Å². The third-order valence-electron chi connectivity index (χ3n) is 2.95. The summed E-state index contributed by atoms with van der Waals surface area (Å²) in [5.41, 5.74) is 0.602. The van der Waals surface area contributed by atoms with E-state index in [0.29, 0.717) is 29.4 Å². The van der Waals surface area contributed by atoms with Gasteiger partial charge in [0.25, 0.3) is 0 Å². The van der Waals surface area contributed by atoms with Gasteiger partial charge < -0.3 is 14.7 Å². The van der Waals surface area contributed by atoms with Crippen LogP contribution in [0.2, 0.25) is 5.02 Å². The Bertz CT molecular complexity index is 503. The molecule has 1 unspecified atom stereocenters. The molecule has 5 nitrogen and oxygen atoms in total. The number of hydrogen-bond acceptors (Lipinski definition) is 3. The summed E-state index contributed by atoms with van der Waals surface area (Å²) in [6, 6.07) is 4.93. The van der Waals surface area contributed by atoms with Crippen molar-refractivity contribution in [1.82, 2.24) is 0 Å². The van der Waals surface area contributed by atoms with Crippen molar-refractivity contribution >= 4 is 29.2 Å². The number of ether oxygens (including phenoxy) is 1. The molecule has 0 radical (unpaired) electrons. The Balaban J connectivity index is 2.28. The van der Waals surface area contributed by atoms with E-state index in [2.05, 4.69) is 0 Å². The average molecular weight is 270 g/mol. The molecule has 0 aliphatic carbocycles. The van der Waals surface area contributed by atoms with Gasteiger partial charge in [-0.1, -0.05) is 11.6 Å². The van der Waals surface area contributed by atoms with E-state index in [4.69, 9.17) is 21.4 Å². The molecule has 1 aliphatic heterocycles. The monoisotopic (exact) mass is 269 g/mol. The Labute approximate surface area is 109 Å². The molecule has 0 saturated carbocycles. The van der Waals surface area contributed by atoms with E-state index in [9.17, 15) is 9.59 Å². The number of methoxy groups -OCH3 is 1. The number of carbonyl (C=O) groups excluding carboxylic acids is 1. The Hall–Kier alpha value is -1.75. The number of carboxylic acids is 1. The van der Waals surface area contributed by atoms with Crippen LogP contribution in [0.3, 0.4) is 0 Å². The van der Waals surface area contributed by atoms with Crippen molar-refractivity contribution < 1.29 is 19.4 Å². The quantitative estimate of drug-likeness (QED) is 0.850. The van der Waals surface area contributed by atoms with Crippen molar-refractivity contribution in [2.24, 2.45) is 5.92 Å². The fraction of sp³-hybridized carbons (Fsp3) is 0.333. The Kier molecular flexibility index (Phi) is 3.43. The maximum absolute atomic E-state index is 11.9. The molecule has 0 spiro atoms. The molecule has 0 aromatic heterocycles. The molecule has 1 saturated heterocycles. The third kappa shape index (κ3) is 2.13. The summed E-state index contributed by atoms with van der Waals surface area (Å²) in [6.07, 6.45) is 0.319. The molecule has 1 amide bonds. The molecule has 6 heteroatoms. The highest BCUT2D eigenvalue weighted by atomic mass is 35.5. The molecule has 0 bridgehead atoms. The number of carbonyl (C=O) groups is 2. The van der Waals surface area contributed by atoms with Gasteiger partial charge in [0.05, 0.1) is 12.1 Å². The van der Waals surface area contributed by atoms with Gasteiger partial charge in [-0.15, -0.1) is 0 Å². The summed E-state index contributed by atoms with van der Waals surface area (Å²) >= 11 is 5.90. The number of benzene rings is 1. The zero-order chi connectivity index (χ0) is 13.3. The van der Waals surface area contributed by atoms with Gasteiger partial charge in [0.15, 0.2) is 0 Å². The van der Waals surface area contributed by atoms with Crippen molar-refractivity contribution in [1.29, 1.82) is 0 Å². The van der Waals surface area contributed by atoms with Crippen LogP contribution in [0, 0.1) is 5.92 Å². The van der Waals surface area contributed by atoms with Gasteiger partial charge in [-0.25, -0.2) is 0 Å². The van der Waals surface area contributed by atoms with Crippen LogP contribution in [0.1, 0.15) is 6.42 Å². The summed E-state index contributed by atoms with van der Waals surface area (Å²) in [7, 11) is 1.48. The molecule has 96 valence electrons. The molecule has 1 aromatic carbocycles. The summed E-state index contributed by atoms with van der Waals surface area (Å²) in [4.78, 5) is 24.2. The number of nitrogens with zero attached hydrogens (tertiary/aromatic N) is 1. The molecule has 18 heavy (non-hydrogen) atoms. The molecule has 1 aromatic rings. The molecular formula is C12H12ClNO4. The fourth-order valence-electron chi connectivity index (χ4n) is 1.98. The van der Waals surface area contributed by atoms with E-state index < -0.39 is 17.8 Å². The van der Waals surface area contributed by atoms with E-state index in [0.717, 1.165) is 0 Å². The highest BCUT2D eigenvalue weighted by molar-refractivity contribution is 6.32. The Morgan fingerprint density at radius 1 is 1.56 bits per heavy atom. The first-order valence-corrected chi connectivity index (χ1v) is 5.80. The minimum absolute atomic E-state index is 0.319. The van der Waals surface area contributed by atoms with Crippen LogP contribution < -0.4 is 9.64 Å². The van der Waals surface area contributed by atoms with E-state index >= 15 is 0 Å². The van der Waals surface area contributed by atoms with Gasteiger partial charge in [-0.2, -0.15) is 0 Å². The predicted molar refractivity (Wildman–Crippen MR) is 66.1 cm³/mol. The van der Waals surface area contributed by atoms with Crippen LogP contribution in [-0.4, -0.2) is 30.6 Å². The SMILES string of the molecule is COc1cc(N2CCC(C(=O)O)C2=O)ccc1Cl. The van der Waals surface area contributed by atoms with Gasteiger partial charge in [0.2, 0.25) is 5.91 Å². The summed E-state index contributed by atoms with van der Waals surface area (Å²) in [6.45, 7) is 0.389. The predicted octanol–water partition coefficient (Wildman–Crippen LogP) is 1.79. The van der Waals surface area contributed by atoms with Gasteiger partial charge in [0, 0.05) is 18.3 Å². The minimum atomic E-state index is -1.08. The second-order valence-electron chi connectivity index (χ2n) is 3.99. The third-order valence-corrected chi connectivity index (χ3v) is 3.26. The summed E-state index contributed by atoms with van der Waals surface area (Å²) in [5.74, 6) is -1.97. The molecular weight excluding hydrogens is 258 g/mol. The van der Waals surface area contributed by atoms with E-state index in [1.165, 1.54) is 12.0 Å². The largest absolute Gasteiger partial charge is 0.495 e. The van der Waals surface area contributed by atoms with E-state index in [1.807, 2.05) is 0 Å². The molecule has 1 N–H and O–H groups in total. The average Bonchev–Trinajstić information content (AvgIpc) is 2.72. The smallest absolute Gasteiger partial charge is 0.316 e. The van der Waals surface area contributed by atoms with E-state index in [-0.39, 0.29) is 0 Å². The highest BCUT2D eigenvalue weighted by Crippen LogP contribution is 2.32. The number of aliphatic carboxylic acids is 1. The van der Waals surface area contributed by atoms with Crippen molar-refractivity contribution in [3.05, 3.63) is 23.2 Å². The second kappa shape index (κ2) is 4.86. The fourth-order valence-corrected chi connectivity index (χ4v) is 2.18. The van der Waals surface area contributed by atoms with Crippen molar-refractivity contribution in [3.8, 4) is 5.75 Å². The number of carboxylic acid groups (broad SMARTS) is 1. The molecule has 1 aliphatic rings. The number of anilines is 1. The maximum atomic E-state index is 11.9. The number of halogens is 1. The molecule has 1 fully saturated rings. The lowest BCUT2D eigenvalue weighted by Crippen LogP contribution is -2.30. The van der Waals surface area contributed by atoms with Gasteiger partial charge >= 0.3 is 5.97 Å². The molecule has 1 heterocycles. The van der Waals surface area contributed by atoms with Crippen LogP contribution in [0.5, 0.6) is 5.75 Å². The maximum Gasteiger partial charge on any atom is 0.316 e. The normalized spacial score (nSPS) is 19.1. The van der Waals surface area contributed by atoms with Gasteiger partial charge in [-0.3, -0.25) is 9.59 Å². The zero-order valence-corrected chi connectivity index (χ0v) is 10.5. The number of amides is 1. The standard InChI is InChI=1S/C12H12ClNO4/c1-18-10-6-7(2-3-9(10)13)14-5-4-8(11(14)15)12(16)17/h2-3,6,8H,4-5H2,1H3,(H,16,17). The summed E-state index contributed by atoms with van der Waals surface area (Å²) in [5, 5.41) is 9.35. The lowest BCUT2D eigenvalue weighted by molar-refractivity contribution is -0.144. The first-order chi connectivity index (χ1) is 8.54. The van der Waals surface area contributed by atoms with Crippen LogP contribution in [-0.2, 0) is 9.59 Å². The minimum Gasteiger partial charge on any atom is -0.495 e. The first-order valence-electron chi connectivity index (χ1n) is 5.42. The lowest BCUT2D eigenvalue weighted by atomic mass is 10.1. The topological polar surface area (TPSA) is 66.8 Å².